The van der Waals surface area contributed by atoms with E-state index >= 15 is 0 Å². The molecule has 0 spiro atoms. The topological polar surface area (TPSA) is 184 Å². The standard InChI is InChI=1S/C38H46ClN9O4S/c1-47-33(13-23-18-43-30-8-3-2-7-28(23)30)36(50)45-19-24-12-25(48-20-27-14-26(48)21-52-27)15-29(39)34(24)53-37-22(6-5-11-42-37)17-44-31(9-4-10-40)35(49)46-32(16-41)38(47)51/h2-3,5-8,11-12,15,18,26-27,31-33,43-44H,4,9-10,13-14,16-17,19-21,40-41H2,1H3,(H,45,50)(H,46,49)/t26?,27?,31-,32-,33-/m0/s1. The van der Waals surface area contributed by atoms with E-state index in [0.717, 1.165) is 51.1 Å². The van der Waals surface area contributed by atoms with Gasteiger partial charge in [-0.05, 0) is 66.8 Å². The van der Waals surface area contributed by atoms with Gasteiger partial charge in [-0.25, -0.2) is 4.98 Å². The monoisotopic (exact) mass is 759 g/mol. The molecule has 8 N–H and O–H groups in total. The Bertz CT molecular complexity index is 1980. The van der Waals surface area contributed by atoms with Gasteiger partial charge < -0.3 is 46.9 Å². The number of likely N-dealkylation sites (N-methyl/N-ethyl adjacent to an activating group) is 1. The molecule has 0 radical (unpaired) electrons. The second-order valence-electron chi connectivity index (χ2n) is 13.9. The molecule has 2 unspecified atom stereocenters. The van der Waals surface area contributed by atoms with Crippen molar-refractivity contribution in [2.75, 3.05) is 38.2 Å². The van der Waals surface area contributed by atoms with Crippen molar-refractivity contribution in [2.24, 2.45) is 11.5 Å². The number of carbonyl (C=O) groups is 3. The van der Waals surface area contributed by atoms with Crippen LogP contribution in [0.15, 0.2) is 70.8 Å². The quantitative estimate of drug-likeness (QED) is 0.164. The largest absolute Gasteiger partial charge is 0.374 e. The number of anilines is 1. The fraction of sp³-hybridized carbons (Fsp3) is 0.421. The molecule has 3 amide bonds. The molecule has 2 saturated heterocycles. The Morgan fingerprint density at radius 2 is 1.89 bits per heavy atom. The van der Waals surface area contributed by atoms with Crippen molar-refractivity contribution in [1.29, 1.82) is 0 Å². The zero-order valence-electron chi connectivity index (χ0n) is 29.6. The molecule has 3 aliphatic rings. The number of benzene rings is 2. The molecule has 5 heterocycles. The Balaban J connectivity index is 1.29. The Kier molecular flexibility index (Phi) is 11.5. The van der Waals surface area contributed by atoms with E-state index in [1.54, 1.807) is 13.2 Å². The molecule has 5 atom stereocenters. The lowest BCUT2D eigenvalue weighted by Gasteiger charge is -2.31. The van der Waals surface area contributed by atoms with Crippen LogP contribution < -0.4 is 32.3 Å². The highest BCUT2D eigenvalue weighted by Crippen LogP contribution is 2.42. The maximum absolute atomic E-state index is 14.4. The second kappa shape index (κ2) is 16.5. The van der Waals surface area contributed by atoms with Gasteiger partial charge in [-0.15, -0.1) is 0 Å². The SMILES string of the molecule is CN1C(=O)[C@H](CN)NC(=O)[C@H](CCCN)NCc2cccnc2Sc2c(Cl)cc(N3CC4CC3CO4)cc2CNC(=O)[C@@H]1Cc1c[nH]c2ccccc12. The highest BCUT2D eigenvalue weighted by Gasteiger charge is 2.40. The van der Waals surface area contributed by atoms with Crippen LogP contribution in [0.4, 0.5) is 5.69 Å². The molecule has 0 saturated carbocycles. The number of nitrogens with one attached hydrogen (secondary N) is 4. The van der Waals surface area contributed by atoms with E-state index in [-0.39, 0.29) is 43.5 Å². The van der Waals surface area contributed by atoms with Gasteiger partial charge in [0.25, 0.3) is 0 Å². The number of carbonyl (C=O) groups excluding carboxylic acids is 3. The summed E-state index contributed by atoms with van der Waals surface area (Å²) in [4.78, 5) is 54.8. The summed E-state index contributed by atoms with van der Waals surface area (Å²) in [6.45, 7) is 2.16. The Morgan fingerprint density at radius 3 is 2.66 bits per heavy atom. The third kappa shape index (κ3) is 8.03. The van der Waals surface area contributed by atoms with Crippen molar-refractivity contribution in [3.05, 3.63) is 82.6 Å². The van der Waals surface area contributed by atoms with Gasteiger partial charge in [-0.2, -0.15) is 0 Å². The number of amides is 3. The van der Waals surface area contributed by atoms with Crippen LogP contribution in [-0.4, -0.2) is 96.1 Å². The maximum Gasteiger partial charge on any atom is 0.246 e. The molecule has 280 valence electrons. The average molecular weight is 760 g/mol. The third-order valence-electron chi connectivity index (χ3n) is 10.4. The second-order valence-corrected chi connectivity index (χ2v) is 15.3. The molecule has 53 heavy (non-hydrogen) atoms. The third-order valence-corrected chi connectivity index (χ3v) is 12.1. The molecule has 2 fully saturated rings. The number of hydrogen-bond donors (Lipinski definition) is 6. The lowest BCUT2D eigenvalue weighted by molar-refractivity contribution is -0.141. The van der Waals surface area contributed by atoms with E-state index in [1.807, 2.05) is 48.7 Å². The number of hydrogen-bond acceptors (Lipinski definition) is 10. The normalized spacial score (nSPS) is 24.2. The van der Waals surface area contributed by atoms with Crippen molar-refractivity contribution in [1.82, 2.24) is 30.8 Å². The number of pyridine rings is 1. The first-order valence-corrected chi connectivity index (χ1v) is 19.3. The van der Waals surface area contributed by atoms with Gasteiger partial charge >= 0.3 is 0 Å². The molecule has 2 aromatic heterocycles. The van der Waals surface area contributed by atoms with Gasteiger partial charge in [0.1, 0.15) is 17.1 Å². The minimum absolute atomic E-state index is 0.151. The summed E-state index contributed by atoms with van der Waals surface area (Å²) in [6.07, 6.45) is 6.00. The molecule has 2 aromatic carbocycles. The number of ether oxygens (including phenoxy) is 1. The van der Waals surface area contributed by atoms with E-state index in [0.29, 0.717) is 42.6 Å². The summed E-state index contributed by atoms with van der Waals surface area (Å²) in [5, 5.41) is 11.6. The van der Waals surface area contributed by atoms with Crippen LogP contribution in [0.1, 0.15) is 36.0 Å². The van der Waals surface area contributed by atoms with E-state index in [4.69, 9.17) is 32.8 Å². The summed E-state index contributed by atoms with van der Waals surface area (Å²) < 4.78 is 5.87. The minimum Gasteiger partial charge on any atom is -0.374 e. The fourth-order valence-electron chi connectivity index (χ4n) is 7.50. The number of H-pyrrole nitrogens is 1. The van der Waals surface area contributed by atoms with Crippen LogP contribution in [-0.2, 0) is 38.6 Å². The molecular formula is C38H46ClN9O4S. The predicted octanol–water partition coefficient (Wildman–Crippen LogP) is 2.69. The van der Waals surface area contributed by atoms with Gasteiger partial charge in [-0.1, -0.05) is 47.6 Å². The van der Waals surface area contributed by atoms with Crippen LogP contribution in [0.5, 0.6) is 0 Å². The number of nitrogens with zero attached hydrogens (tertiary/aromatic N) is 3. The van der Waals surface area contributed by atoms with Crippen molar-refractivity contribution in [3.8, 4) is 0 Å². The van der Waals surface area contributed by atoms with E-state index in [9.17, 15) is 14.4 Å². The summed E-state index contributed by atoms with van der Waals surface area (Å²) in [7, 11) is 1.58. The molecule has 4 aromatic rings. The number of rotatable bonds is 7. The van der Waals surface area contributed by atoms with Gasteiger partial charge in [-0.3, -0.25) is 14.4 Å². The molecule has 15 heteroatoms. The molecule has 7 rings (SSSR count). The predicted molar refractivity (Wildman–Crippen MR) is 206 cm³/mol. The molecule has 0 aliphatic carbocycles. The number of fused-ring (bicyclic) bond motifs is 5. The van der Waals surface area contributed by atoms with Crippen molar-refractivity contribution in [3.63, 3.8) is 0 Å². The van der Waals surface area contributed by atoms with Crippen LogP contribution in [0, 0.1) is 0 Å². The van der Waals surface area contributed by atoms with Crippen LogP contribution in [0.3, 0.4) is 0 Å². The van der Waals surface area contributed by atoms with Crippen LogP contribution in [0.25, 0.3) is 10.9 Å². The first-order chi connectivity index (χ1) is 25.7. The maximum atomic E-state index is 14.4. The Morgan fingerprint density at radius 1 is 1.04 bits per heavy atom. The highest BCUT2D eigenvalue weighted by atomic mass is 35.5. The van der Waals surface area contributed by atoms with Crippen molar-refractivity contribution < 1.29 is 19.1 Å². The van der Waals surface area contributed by atoms with Gasteiger partial charge in [0.15, 0.2) is 0 Å². The highest BCUT2D eigenvalue weighted by molar-refractivity contribution is 7.99. The first kappa shape index (κ1) is 37.1. The summed E-state index contributed by atoms with van der Waals surface area (Å²) >= 11 is 8.56. The van der Waals surface area contributed by atoms with Crippen LogP contribution >= 0.6 is 23.4 Å². The summed E-state index contributed by atoms with van der Waals surface area (Å²) in [6, 6.07) is 13.3. The average Bonchev–Trinajstić information content (AvgIpc) is 3.92. The number of morpholine rings is 1. The van der Waals surface area contributed by atoms with Gasteiger partial charge in [0, 0.05) is 73.5 Å². The molecular weight excluding hydrogens is 714 g/mol. The van der Waals surface area contributed by atoms with Gasteiger partial charge in [0.2, 0.25) is 17.7 Å². The molecule has 3 aliphatic heterocycles. The number of para-hydroxylation sites is 1. The smallest absolute Gasteiger partial charge is 0.246 e. The summed E-state index contributed by atoms with van der Waals surface area (Å²) in [5.41, 5.74) is 16.4. The van der Waals surface area contributed by atoms with E-state index < -0.39 is 24.0 Å². The number of halogens is 1. The number of nitrogens with two attached hydrogens (primary N) is 2. The van der Waals surface area contributed by atoms with Crippen LogP contribution in [0.2, 0.25) is 5.02 Å². The number of aromatic amines is 1. The number of aromatic nitrogens is 2. The Hall–Kier alpha value is -4.18. The van der Waals surface area contributed by atoms with Gasteiger partial charge in [0.05, 0.1) is 29.8 Å². The van der Waals surface area contributed by atoms with E-state index in [2.05, 4.69) is 31.9 Å². The Labute approximate surface area is 317 Å². The summed E-state index contributed by atoms with van der Waals surface area (Å²) in [5.74, 6) is -1.20. The van der Waals surface area contributed by atoms with Crippen molar-refractivity contribution in [2.45, 2.75) is 79.0 Å². The molecule has 2 bridgehead atoms. The molecule has 13 nitrogen and oxygen atoms in total. The minimum atomic E-state index is -1.06. The first-order valence-electron chi connectivity index (χ1n) is 18.1. The lowest BCUT2D eigenvalue weighted by atomic mass is 10.0. The zero-order valence-corrected chi connectivity index (χ0v) is 31.2. The fourth-order valence-corrected chi connectivity index (χ4v) is 8.84. The zero-order chi connectivity index (χ0) is 37.1. The lowest BCUT2D eigenvalue weighted by Crippen LogP contribution is -2.59. The van der Waals surface area contributed by atoms with Crippen molar-refractivity contribution >= 4 is 57.7 Å². The van der Waals surface area contributed by atoms with E-state index in [1.165, 1.54) is 16.7 Å².